The maximum atomic E-state index is 12.4. The number of nitrogens with zero attached hydrogens (tertiary/aromatic N) is 1. The smallest absolute Gasteiger partial charge is 0.387 e. The maximum absolute atomic E-state index is 12.4. The minimum Gasteiger partial charge on any atom is -0.434 e. The third-order valence-corrected chi connectivity index (χ3v) is 3.87. The second-order valence-electron chi connectivity index (χ2n) is 5.92. The summed E-state index contributed by atoms with van der Waals surface area (Å²) in [4.78, 5) is 16.9. The number of rotatable bonds is 8. The number of hydrogen-bond acceptors (Lipinski definition) is 4. The maximum Gasteiger partial charge on any atom is 0.387 e. The lowest BCUT2D eigenvalue weighted by molar-refractivity contribution is -0.120. The molecule has 5 nitrogen and oxygen atoms in total. The Morgan fingerprint density at radius 2 is 1.59 bits per heavy atom. The molecule has 0 aliphatic heterocycles. The summed E-state index contributed by atoms with van der Waals surface area (Å²) in [7, 11) is 0. The molecule has 3 aromatic rings. The van der Waals surface area contributed by atoms with Crippen molar-refractivity contribution < 1.29 is 23.1 Å². The van der Waals surface area contributed by atoms with E-state index < -0.39 is 12.5 Å². The highest BCUT2D eigenvalue weighted by atomic mass is 19.3. The van der Waals surface area contributed by atoms with Crippen LogP contribution in [0.4, 0.5) is 14.5 Å². The van der Waals surface area contributed by atoms with Gasteiger partial charge in [0.2, 0.25) is 0 Å². The molecule has 29 heavy (non-hydrogen) atoms. The van der Waals surface area contributed by atoms with Crippen molar-refractivity contribution in [2.45, 2.75) is 6.61 Å². The molecule has 0 heterocycles. The van der Waals surface area contributed by atoms with E-state index in [2.05, 4.69) is 15.2 Å². The van der Waals surface area contributed by atoms with Gasteiger partial charge in [0.05, 0.1) is 6.21 Å². The third kappa shape index (κ3) is 6.14. The van der Waals surface area contributed by atoms with Crippen LogP contribution in [0.25, 0.3) is 11.1 Å². The highest BCUT2D eigenvalue weighted by Crippen LogP contribution is 2.21. The van der Waals surface area contributed by atoms with Crippen LogP contribution >= 0.6 is 0 Å². The average Bonchev–Trinajstić information content (AvgIpc) is 2.73. The topological polar surface area (TPSA) is 59.9 Å². The number of benzene rings is 3. The molecule has 0 saturated carbocycles. The van der Waals surface area contributed by atoms with Gasteiger partial charge in [0.25, 0.3) is 5.91 Å². The molecular formula is C22H18F2N2O3. The normalized spacial score (nSPS) is 10.9. The van der Waals surface area contributed by atoms with Crippen LogP contribution in [0, 0.1) is 0 Å². The van der Waals surface area contributed by atoms with Crippen molar-refractivity contribution in [2.24, 2.45) is 5.16 Å². The number of amides is 1. The molecule has 0 spiro atoms. The van der Waals surface area contributed by atoms with Crippen LogP contribution in [-0.4, -0.2) is 25.3 Å². The van der Waals surface area contributed by atoms with Crippen molar-refractivity contribution in [2.75, 3.05) is 11.9 Å². The molecule has 7 heteroatoms. The zero-order valence-electron chi connectivity index (χ0n) is 15.3. The average molecular weight is 396 g/mol. The Kier molecular flexibility index (Phi) is 6.89. The lowest BCUT2D eigenvalue weighted by Crippen LogP contribution is -2.16. The van der Waals surface area contributed by atoms with Crippen LogP contribution in [0.5, 0.6) is 5.75 Å². The number of carbonyl (C=O) groups excluding carboxylic acids is 1. The van der Waals surface area contributed by atoms with E-state index in [0.717, 1.165) is 11.1 Å². The van der Waals surface area contributed by atoms with Crippen LogP contribution in [0.2, 0.25) is 0 Å². The van der Waals surface area contributed by atoms with Crippen LogP contribution in [0.15, 0.2) is 84.0 Å². The molecule has 1 N–H and O–H groups in total. The first-order chi connectivity index (χ1) is 14.1. The van der Waals surface area contributed by atoms with Gasteiger partial charge in [0.15, 0.2) is 6.61 Å². The highest BCUT2D eigenvalue weighted by molar-refractivity contribution is 5.92. The largest absolute Gasteiger partial charge is 0.434 e. The molecule has 0 bridgehead atoms. The Labute approximate surface area is 166 Å². The zero-order valence-corrected chi connectivity index (χ0v) is 15.3. The van der Waals surface area contributed by atoms with Gasteiger partial charge in [-0.25, -0.2) is 0 Å². The number of hydrogen-bond donors (Lipinski definition) is 1. The Hall–Kier alpha value is -3.74. The molecule has 0 atom stereocenters. The number of carbonyl (C=O) groups is 1. The summed E-state index contributed by atoms with van der Waals surface area (Å²) in [5.41, 5.74) is 3.05. The van der Waals surface area contributed by atoms with E-state index in [1.165, 1.54) is 12.3 Å². The van der Waals surface area contributed by atoms with Gasteiger partial charge in [-0.3, -0.25) is 4.79 Å². The van der Waals surface area contributed by atoms with E-state index in [1.807, 2.05) is 42.5 Å². The summed E-state index contributed by atoms with van der Waals surface area (Å²) in [5.74, 6) is -0.426. The van der Waals surface area contributed by atoms with E-state index in [4.69, 9.17) is 4.84 Å². The molecule has 0 radical (unpaired) electrons. The quantitative estimate of drug-likeness (QED) is 0.433. The van der Waals surface area contributed by atoms with Gasteiger partial charge < -0.3 is 14.9 Å². The van der Waals surface area contributed by atoms with Gasteiger partial charge in [-0.05, 0) is 35.4 Å². The lowest BCUT2D eigenvalue weighted by Gasteiger charge is -2.07. The molecular weight excluding hydrogens is 378 g/mol. The fourth-order valence-electron chi connectivity index (χ4n) is 2.55. The second-order valence-corrected chi connectivity index (χ2v) is 5.92. The van der Waals surface area contributed by atoms with Crippen molar-refractivity contribution in [3.8, 4) is 16.9 Å². The predicted molar refractivity (Wildman–Crippen MR) is 107 cm³/mol. The minimum absolute atomic E-state index is 0.0298. The molecule has 148 valence electrons. The first-order valence-electron chi connectivity index (χ1n) is 8.76. The summed E-state index contributed by atoms with van der Waals surface area (Å²) in [6.45, 7) is -3.26. The molecule has 1 amide bonds. The van der Waals surface area contributed by atoms with E-state index in [-0.39, 0.29) is 12.4 Å². The molecule has 0 unspecified atom stereocenters. The van der Waals surface area contributed by atoms with Crippen molar-refractivity contribution in [3.63, 3.8) is 0 Å². The number of alkyl halides is 2. The van der Waals surface area contributed by atoms with Crippen LogP contribution < -0.4 is 10.1 Å². The van der Waals surface area contributed by atoms with Gasteiger partial charge in [0, 0.05) is 11.3 Å². The number of nitrogens with one attached hydrogen (secondary N) is 1. The molecule has 3 aromatic carbocycles. The fraction of sp³-hybridized carbons (Fsp3) is 0.0909. The molecule has 0 saturated heterocycles. The molecule has 0 aromatic heterocycles. The summed E-state index contributed by atoms with van der Waals surface area (Å²) < 4.78 is 29.1. The molecule has 3 rings (SSSR count). The first-order valence-corrected chi connectivity index (χ1v) is 8.76. The number of oxime groups is 1. The molecule has 0 aliphatic rings. The van der Waals surface area contributed by atoms with Gasteiger partial charge in [-0.2, -0.15) is 8.78 Å². The highest BCUT2D eigenvalue weighted by Gasteiger charge is 2.08. The van der Waals surface area contributed by atoms with Gasteiger partial charge in [-0.15, -0.1) is 0 Å². The lowest BCUT2D eigenvalue weighted by atomic mass is 10.1. The van der Waals surface area contributed by atoms with E-state index in [0.29, 0.717) is 11.3 Å². The van der Waals surface area contributed by atoms with Crippen molar-refractivity contribution in [3.05, 3.63) is 84.4 Å². The summed E-state index contributed by atoms with van der Waals surface area (Å²) in [6, 6.07) is 23.4. The Morgan fingerprint density at radius 1 is 0.931 bits per heavy atom. The van der Waals surface area contributed by atoms with Crippen molar-refractivity contribution in [1.29, 1.82) is 0 Å². The van der Waals surface area contributed by atoms with Gasteiger partial charge in [-0.1, -0.05) is 59.8 Å². The van der Waals surface area contributed by atoms with E-state index >= 15 is 0 Å². The van der Waals surface area contributed by atoms with Gasteiger partial charge >= 0.3 is 6.61 Å². The monoisotopic (exact) mass is 396 g/mol. The third-order valence-electron chi connectivity index (χ3n) is 3.87. The first kappa shape index (κ1) is 20.0. The van der Waals surface area contributed by atoms with Crippen LogP contribution in [-0.2, 0) is 9.63 Å². The number of anilines is 1. The van der Waals surface area contributed by atoms with Crippen LogP contribution in [0.1, 0.15) is 5.56 Å². The van der Waals surface area contributed by atoms with Crippen molar-refractivity contribution in [1.82, 2.24) is 0 Å². The second kappa shape index (κ2) is 9.98. The SMILES string of the molecule is O=C(CO/N=C\c1ccccc1OC(F)F)Nc1ccc(-c2ccccc2)cc1. The summed E-state index contributed by atoms with van der Waals surface area (Å²) in [5, 5.41) is 6.33. The summed E-state index contributed by atoms with van der Waals surface area (Å²) in [6.07, 6.45) is 1.21. The van der Waals surface area contributed by atoms with Crippen molar-refractivity contribution >= 4 is 17.8 Å². The Balaban J connectivity index is 1.50. The van der Waals surface area contributed by atoms with Gasteiger partial charge in [0.1, 0.15) is 5.75 Å². The number of para-hydroxylation sites is 1. The predicted octanol–water partition coefficient (Wildman–Crippen LogP) is 4.94. The fourth-order valence-corrected chi connectivity index (χ4v) is 2.55. The van der Waals surface area contributed by atoms with E-state index in [1.54, 1.807) is 30.3 Å². The summed E-state index contributed by atoms with van der Waals surface area (Å²) >= 11 is 0. The zero-order chi connectivity index (χ0) is 20.5. The molecule has 0 fully saturated rings. The Bertz CT molecular complexity index is 961. The molecule has 0 aliphatic carbocycles. The number of ether oxygens (including phenoxy) is 1. The standard InChI is InChI=1S/C22H18F2N2O3/c23-22(24)29-20-9-5-4-8-18(20)14-25-28-15-21(27)26-19-12-10-17(11-13-19)16-6-2-1-3-7-16/h1-14,22H,15H2,(H,26,27)/b25-14-. The minimum atomic E-state index is -2.94. The van der Waals surface area contributed by atoms with Crippen LogP contribution in [0.3, 0.4) is 0 Å². The Morgan fingerprint density at radius 3 is 2.31 bits per heavy atom. The van der Waals surface area contributed by atoms with E-state index in [9.17, 15) is 13.6 Å². The number of halogens is 2.